The second-order valence-electron chi connectivity index (χ2n) is 5.29. The molecule has 0 aromatic rings. The van der Waals surface area contributed by atoms with Crippen molar-refractivity contribution in [2.24, 2.45) is 5.41 Å². The van der Waals surface area contributed by atoms with Gasteiger partial charge in [0.25, 0.3) is 0 Å². The number of hydrogen-bond acceptors (Lipinski definition) is 0. The van der Waals surface area contributed by atoms with E-state index in [1.165, 1.54) is 0 Å². The predicted molar refractivity (Wildman–Crippen MR) is 55.2 cm³/mol. The van der Waals surface area contributed by atoms with Gasteiger partial charge in [-0.15, -0.1) is 11.5 Å². The Balaban J connectivity index is 3.94. The van der Waals surface area contributed by atoms with Gasteiger partial charge >= 0.3 is 0 Å². The van der Waals surface area contributed by atoms with Gasteiger partial charge in [0.2, 0.25) is 0 Å². The number of rotatable bonds is 0. The lowest BCUT2D eigenvalue weighted by Gasteiger charge is -2.13. The van der Waals surface area contributed by atoms with E-state index in [0.717, 1.165) is 6.42 Å². The molecule has 0 atom stereocenters. The molecule has 0 nitrogen and oxygen atoms in total. The minimum atomic E-state index is -1.12. The van der Waals surface area contributed by atoms with Crippen LogP contribution in [0.5, 0.6) is 0 Å². The van der Waals surface area contributed by atoms with Crippen LogP contribution >= 0.6 is 0 Å². The molecule has 0 amide bonds. The molecule has 0 unspecified atom stereocenters. The molecule has 0 aromatic carbocycles. The van der Waals surface area contributed by atoms with E-state index in [9.17, 15) is 0 Å². The Labute approximate surface area is 72.4 Å². The third-order valence-corrected chi connectivity index (χ3v) is 2.01. The van der Waals surface area contributed by atoms with Crippen molar-refractivity contribution < 1.29 is 0 Å². The van der Waals surface area contributed by atoms with E-state index in [-0.39, 0.29) is 0 Å². The van der Waals surface area contributed by atoms with Crippen LogP contribution < -0.4 is 0 Å². The van der Waals surface area contributed by atoms with Gasteiger partial charge in [-0.2, -0.15) is 0 Å². The van der Waals surface area contributed by atoms with Crippen LogP contribution in [0.1, 0.15) is 27.2 Å². The largest absolute Gasteiger partial charge is 0.132 e. The van der Waals surface area contributed by atoms with E-state index in [1.54, 1.807) is 0 Å². The monoisotopic (exact) mass is 168 g/mol. The molecule has 0 N–H and O–H groups in total. The zero-order chi connectivity index (χ0) is 9.12. The van der Waals surface area contributed by atoms with E-state index < -0.39 is 8.07 Å². The molecule has 0 aromatic heterocycles. The van der Waals surface area contributed by atoms with Crippen LogP contribution in [0.4, 0.5) is 0 Å². The van der Waals surface area contributed by atoms with Gasteiger partial charge in [0.15, 0.2) is 0 Å². The van der Waals surface area contributed by atoms with E-state index in [2.05, 4.69) is 51.9 Å². The second-order valence-corrected chi connectivity index (χ2v) is 10.0. The maximum Gasteiger partial charge on any atom is 0.129 e. The quantitative estimate of drug-likeness (QED) is 0.384. The Bertz CT molecular complexity index is 168. The molecular formula is C10H20Si. The Morgan fingerprint density at radius 3 is 1.82 bits per heavy atom. The van der Waals surface area contributed by atoms with E-state index >= 15 is 0 Å². The zero-order valence-electron chi connectivity index (χ0n) is 8.71. The molecule has 0 aliphatic carbocycles. The molecule has 0 saturated heterocycles. The highest BCUT2D eigenvalue weighted by Gasteiger charge is 2.10. The highest BCUT2D eigenvalue weighted by atomic mass is 28.3. The molecule has 0 fully saturated rings. The molecular weight excluding hydrogens is 148 g/mol. The summed E-state index contributed by atoms with van der Waals surface area (Å²) in [6, 6.07) is 0. The predicted octanol–water partition coefficient (Wildman–Crippen LogP) is 3.30. The first-order valence-corrected chi connectivity index (χ1v) is 7.71. The van der Waals surface area contributed by atoms with E-state index in [0.29, 0.717) is 5.41 Å². The number of hydrogen-bond donors (Lipinski definition) is 0. The molecule has 0 bridgehead atoms. The maximum absolute atomic E-state index is 3.37. The molecule has 0 heterocycles. The van der Waals surface area contributed by atoms with Crippen molar-refractivity contribution >= 4 is 8.07 Å². The van der Waals surface area contributed by atoms with E-state index in [4.69, 9.17) is 0 Å². The van der Waals surface area contributed by atoms with Crippen molar-refractivity contribution in [2.45, 2.75) is 46.8 Å². The van der Waals surface area contributed by atoms with Crippen molar-refractivity contribution in [3.05, 3.63) is 0 Å². The smallest absolute Gasteiger partial charge is 0.129 e. The lowest BCUT2D eigenvalue weighted by molar-refractivity contribution is 0.428. The fraction of sp³-hybridized carbons (Fsp3) is 0.800. The SMILES string of the molecule is CC(C)(C)CC#C[Si](C)(C)C. The van der Waals surface area contributed by atoms with Gasteiger partial charge in [0.05, 0.1) is 0 Å². The summed E-state index contributed by atoms with van der Waals surface area (Å²) < 4.78 is 0. The molecule has 0 saturated carbocycles. The highest BCUT2D eigenvalue weighted by Crippen LogP contribution is 2.17. The maximum atomic E-state index is 3.37. The fourth-order valence-corrected chi connectivity index (χ4v) is 1.19. The molecule has 0 radical (unpaired) electrons. The van der Waals surface area contributed by atoms with Gasteiger partial charge in [-0.3, -0.25) is 0 Å². The molecule has 0 aliphatic rings. The molecule has 64 valence electrons. The Hall–Kier alpha value is -0.223. The lowest BCUT2D eigenvalue weighted by Crippen LogP contribution is -2.16. The first-order valence-electron chi connectivity index (χ1n) is 4.21. The van der Waals surface area contributed by atoms with Gasteiger partial charge in [-0.25, -0.2) is 0 Å². The molecule has 0 spiro atoms. The molecule has 0 rings (SSSR count). The van der Waals surface area contributed by atoms with Crippen LogP contribution in [0.2, 0.25) is 19.6 Å². The van der Waals surface area contributed by atoms with Gasteiger partial charge < -0.3 is 0 Å². The first kappa shape index (κ1) is 10.8. The average Bonchev–Trinajstić information content (AvgIpc) is 1.55. The summed E-state index contributed by atoms with van der Waals surface area (Å²) in [6.07, 6.45) is 1.03. The fourth-order valence-electron chi connectivity index (χ4n) is 0.575. The summed E-state index contributed by atoms with van der Waals surface area (Å²) in [5.74, 6) is 3.28. The second kappa shape index (κ2) is 3.45. The first-order chi connectivity index (χ1) is 4.71. The summed E-state index contributed by atoms with van der Waals surface area (Å²) in [6.45, 7) is 13.5. The van der Waals surface area contributed by atoms with Gasteiger partial charge in [-0.1, -0.05) is 40.4 Å². The van der Waals surface area contributed by atoms with Crippen LogP contribution in [0, 0.1) is 16.9 Å². The average molecular weight is 168 g/mol. The molecule has 11 heavy (non-hydrogen) atoms. The van der Waals surface area contributed by atoms with Crippen LogP contribution in [-0.2, 0) is 0 Å². The lowest BCUT2D eigenvalue weighted by atomic mass is 9.93. The normalized spacial score (nSPS) is 12.2. The summed E-state index contributed by atoms with van der Waals surface area (Å²) in [5, 5.41) is 0. The van der Waals surface area contributed by atoms with Crippen molar-refractivity contribution in [1.82, 2.24) is 0 Å². The van der Waals surface area contributed by atoms with Crippen LogP contribution in [0.25, 0.3) is 0 Å². The van der Waals surface area contributed by atoms with Gasteiger partial charge in [0.1, 0.15) is 8.07 Å². The van der Waals surface area contributed by atoms with E-state index in [1.807, 2.05) is 0 Å². The standard InChI is InChI=1S/C10H20Si/c1-10(2,3)8-7-9-11(4,5)6/h8H2,1-6H3. The van der Waals surface area contributed by atoms with Crippen LogP contribution in [0.3, 0.4) is 0 Å². The van der Waals surface area contributed by atoms with Crippen molar-refractivity contribution in [3.8, 4) is 11.5 Å². The van der Waals surface area contributed by atoms with Crippen LogP contribution in [-0.4, -0.2) is 8.07 Å². The minimum absolute atomic E-state index is 0.368. The van der Waals surface area contributed by atoms with Crippen molar-refractivity contribution in [1.29, 1.82) is 0 Å². The Morgan fingerprint density at radius 2 is 1.55 bits per heavy atom. The highest BCUT2D eigenvalue weighted by molar-refractivity contribution is 6.83. The van der Waals surface area contributed by atoms with Crippen molar-refractivity contribution in [3.63, 3.8) is 0 Å². The summed E-state index contributed by atoms with van der Waals surface area (Å²) >= 11 is 0. The van der Waals surface area contributed by atoms with Gasteiger partial charge in [-0.05, 0) is 5.41 Å². The topological polar surface area (TPSA) is 0 Å². The molecule has 1 heteroatoms. The summed E-state index contributed by atoms with van der Waals surface area (Å²) in [7, 11) is -1.12. The minimum Gasteiger partial charge on any atom is -0.132 e. The third kappa shape index (κ3) is 9.78. The summed E-state index contributed by atoms with van der Waals surface area (Å²) in [4.78, 5) is 0. The van der Waals surface area contributed by atoms with Crippen molar-refractivity contribution in [2.75, 3.05) is 0 Å². The van der Waals surface area contributed by atoms with Gasteiger partial charge in [0, 0.05) is 6.42 Å². The third-order valence-electron chi connectivity index (χ3n) is 1.08. The zero-order valence-corrected chi connectivity index (χ0v) is 9.71. The van der Waals surface area contributed by atoms with Crippen LogP contribution in [0.15, 0.2) is 0 Å². The Kier molecular flexibility index (Phi) is 3.38. The Morgan fingerprint density at radius 1 is 1.09 bits per heavy atom. The summed E-state index contributed by atoms with van der Waals surface area (Å²) in [5.41, 5.74) is 3.74. The molecule has 0 aliphatic heterocycles.